The molecular formula is C41H54N6O6. The number of hydrogen-bond acceptors (Lipinski definition) is 8. The van der Waals surface area contributed by atoms with E-state index in [1.807, 2.05) is 71.6 Å². The number of unbranched alkanes of at least 4 members (excludes halogenated alkanes) is 2. The molecule has 5 N–H and O–H groups in total. The molecule has 0 bridgehead atoms. The molecule has 2 heterocycles. The maximum absolute atomic E-state index is 13.4. The van der Waals surface area contributed by atoms with E-state index in [1.54, 1.807) is 12.1 Å². The summed E-state index contributed by atoms with van der Waals surface area (Å²) in [5.74, 6) is -0.154. The quantitative estimate of drug-likeness (QED) is 0.142. The fraction of sp³-hybridized carbons (Fsp3) is 0.463. The van der Waals surface area contributed by atoms with Crippen molar-refractivity contribution in [2.24, 2.45) is 11.7 Å². The Kier molecular flexibility index (Phi) is 15.1. The number of nitrogens with zero attached hydrogens (tertiary/aromatic N) is 3. The number of anilines is 1. The van der Waals surface area contributed by atoms with Crippen molar-refractivity contribution in [2.75, 3.05) is 57.7 Å². The number of ether oxygens (including phenoxy) is 1. The van der Waals surface area contributed by atoms with Gasteiger partial charge in [-0.25, -0.2) is 4.79 Å². The lowest BCUT2D eigenvalue weighted by Gasteiger charge is -2.32. The fourth-order valence-corrected chi connectivity index (χ4v) is 6.96. The summed E-state index contributed by atoms with van der Waals surface area (Å²) < 4.78 is 5.75. The van der Waals surface area contributed by atoms with Gasteiger partial charge in [0.05, 0.1) is 12.2 Å². The second-order valence-electron chi connectivity index (χ2n) is 14.1. The number of aromatic hydroxyl groups is 1. The average Bonchev–Trinajstić information content (AvgIpc) is 3.17. The highest BCUT2D eigenvalue weighted by Crippen LogP contribution is 2.28. The van der Waals surface area contributed by atoms with Gasteiger partial charge >= 0.3 is 6.09 Å². The number of likely N-dealkylation sites (tertiary alicyclic amines) is 2. The first-order valence-corrected chi connectivity index (χ1v) is 18.9. The first-order valence-electron chi connectivity index (χ1n) is 18.9. The Labute approximate surface area is 312 Å². The molecule has 12 heteroatoms. The Morgan fingerprint density at radius 1 is 0.811 bits per heavy atom. The third kappa shape index (κ3) is 12.9. The maximum atomic E-state index is 13.4. The van der Waals surface area contributed by atoms with Crippen molar-refractivity contribution in [3.8, 4) is 16.9 Å². The summed E-state index contributed by atoms with van der Waals surface area (Å²) in [6, 6.07) is 24.5. The van der Waals surface area contributed by atoms with E-state index in [1.165, 1.54) is 0 Å². The molecular weight excluding hydrogens is 672 g/mol. The van der Waals surface area contributed by atoms with E-state index in [0.29, 0.717) is 70.8 Å². The molecule has 4 amide bonds. The zero-order valence-electron chi connectivity index (χ0n) is 30.6. The highest BCUT2D eigenvalue weighted by molar-refractivity contribution is 5.91. The van der Waals surface area contributed by atoms with Gasteiger partial charge in [-0.15, -0.1) is 0 Å². The van der Waals surface area contributed by atoms with E-state index in [4.69, 9.17) is 10.5 Å². The number of amides is 4. The smallest absolute Gasteiger partial charge is 0.411 e. The minimum absolute atomic E-state index is 0.0177. The van der Waals surface area contributed by atoms with Crippen molar-refractivity contribution in [1.29, 1.82) is 0 Å². The number of hydrogen-bond donors (Lipinski definition) is 4. The van der Waals surface area contributed by atoms with E-state index in [0.717, 1.165) is 61.9 Å². The molecule has 2 saturated heterocycles. The number of phenolic OH excluding ortho intramolecular Hbond substituents is 1. The Morgan fingerprint density at radius 3 is 2.21 bits per heavy atom. The number of piperidine rings is 2. The second kappa shape index (κ2) is 20.3. The summed E-state index contributed by atoms with van der Waals surface area (Å²) in [5, 5.41) is 15.6. The molecule has 2 aliphatic heterocycles. The van der Waals surface area contributed by atoms with E-state index < -0.39 is 6.09 Å². The largest absolute Gasteiger partial charge is 0.508 e. The summed E-state index contributed by atoms with van der Waals surface area (Å²) in [4.78, 5) is 56.4. The number of nitrogens with two attached hydrogens (primary N) is 1. The molecule has 0 spiro atoms. The molecule has 0 aliphatic carbocycles. The molecule has 2 aliphatic rings. The molecule has 0 atom stereocenters. The Balaban J connectivity index is 0.948. The van der Waals surface area contributed by atoms with Gasteiger partial charge in [0.15, 0.2) is 0 Å². The summed E-state index contributed by atoms with van der Waals surface area (Å²) in [5.41, 5.74) is 9.08. The van der Waals surface area contributed by atoms with Crippen LogP contribution in [0.2, 0.25) is 0 Å². The van der Waals surface area contributed by atoms with Gasteiger partial charge in [0, 0.05) is 57.2 Å². The van der Waals surface area contributed by atoms with E-state index >= 15 is 0 Å². The van der Waals surface area contributed by atoms with Crippen LogP contribution in [-0.2, 0) is 25.7 Å². The summed E-state index contributed by atoms with van der Waals surface area (Å²) in [6.07, 6.45) is 5.05. The zero-order chi connectivity index (χ0) is 37.4. The highest BCUT2D eigenvalue weighted by atomic mass is 16.6. The van der Waals surface area contributed by atoms with Gasteiger partial charge in [-0.05, 0) is 87.4 Å². The second-order valence-corrected chi connectivity index (χ2v) is 14.1. The third-order valence-electron chi connectivity index (χ3n) is 10.2. The molecule has 5 rings (SSSR count). The van der Waals surface area contributed by atoms with Crippen LogP contribution in [0.1, 0.15) is 56.9 Å². The molecule has 53 heavy (non-hydrogen) atoms. The lowest BCUT2D eigenvalue weighted by atomic mass is 9.96. The van der Waals surface area contributed by atoms with Gasteiger partial charge in [0.25, 0.3) is 0 Å². The predicted molar refractivity (Wildman–Crippen MR) is 205 cm³/mol. The van der Waals surface area contributed by atoms with Gasteiger partial charge < -0.3 is 30.7 Å². The summed E-state index contributed by atoms with van der Waals surface area (Å²) in [7, 11) is 0. The van der Waals surface area contributed by atoms with Crippen LogP contribution in [-0.4, -0.2) is 102 Å². The van der Waals surface area contributed by atoms with Crippen LogP contribution in [0.5, 0.6) is 5.75 Å². The molecule has 284 valence electrons. The topological polar surface area (TPSA) is 158 Å². The number of para-hydroxylation sites is 1. The minimum Gasteiger partial charge on any atom is -0.508 e. The van der Waals surface area contributed by atoms with Crippen molar-refractivity contribution in [2.45, 2.75) is 64.0 Å². The SMILES string of the molecule is NC(=O)C1CCN(CC(=O)N(CCCCCNC(=O)CCN2CCC(OC(=O)Nc3ccccc3-c3ccccc3)CC2)Cc2ccc(O)cc2)CC1. The average molecular weight is 727 g/mol. The van der Waals surface area contributed by atoms with Crippen LogP contribution in [0.3, 0.4) is 0 Å². The van der Waals surface area contributed by atoms with Gasteiger partial charge in [-0.2, -0.15) is 0 Å². The lowest BCUT2D eigenvalue weighted by molar-refractivity contribution is -0.133. The van der Waals surface area contributed by atoms with Crippen LogP contribution in [0.15, 0.2) is 78.9 Å². The molecule has 2 fully saturated rings. The summed E-state index contributed by atoms with van der Waals surface area (Å²) >= 11 is 0. The van der Waals surface area contributed by atoms with Gasteiger partial charge in [-0.1, -0.05) is 60.7 Å². The first kappa shape index (κ1) is 39.3. The number of benzene rings is 3. The number of primary amides is 1. The molecule has 0 unspecified atom stereocenters. The molecule has 0 aromatic heterocycles. The monoisotopic (exact) mass is 726 g/mol. The standard InChI is InChI=1S/C41H54N6O6/c42-40(51)33-17-24-46(25-18-33)30-39(50)47(29-31-13-15-34(48)16-14-31)23-8-2-7-22-43-38(49)21-28-45-26-19-35(20-27-45)53-41(52)44-37-12-6-5-11-36(37)32-9-3-1-4-10-32/h1,3-6,9-16,33,35,48H,2,7-8,17-30H2,(H2,42,51)(H,43,49)(H,44,52). The van der Waals surface area contributed by atoms with Crippen LogP contribution in [0, 0.1) is 5.92 Å². The van der Waals surface area contributed by atoms with E-state index in [-0.39, 0.29) is 35.5 Å². The number of nitrogens with one attached hydrogen (secondary N) is 2. The predicted octanol–water partition coefficient (Wildman–Crippen LogP) is 4.97. The molecule has 3 aromatic carbocycles. The van der Waals surface area contributed by atoms with E-state index in [2.05, 4.69) is 20.4 Å². The molecule has 12 nitrogen and oxygen atoms in total. The Hall–Kier alpha value is -4.94. The summed E-state index contributed by atoms with van der Waals surface area (Å²) in [6.45, 7) is 5.44. The highest BCUT2D eigenvalue weighted by Gasteiger charge is 2.26. The van der Waals surface area contributed by atoms with E-state index in [9.17, 15) is 24.3 Å². The maximum Gasteiger partial charge on any atom is 0.411 e. The van der Waals surface area contributed by atoms with Crippen molar-refractivity contribution in [1.82, 2.24) is 20.0 Å². The number of carbonyl (C=O) groups is 4. The fourth-order valence-electron chi connectivity index (χ4n) is 6.96. The van der Waals surface area contributed by atoms with Gasteiger partial charge in [0.2, 0.25) is 17.7 Å². The van der Waals surface area contributed by atoms with Gasteiger partial charge in [0.1, 0.15) is 11.9 Å². The van der Waals surface area contributed by atoms with Crippen LogP contribution in [0.25, 0.3) is 11.1 Å². The van der Waals surface area contributed by atoms with Crippen LogP contribution >= 0.6 is 0 Å². The number of carbonyl (C=O) groups excluding carboxylic acids is 4. The number of rotatable bonds is 17. The van der Waals surface area contributed by atoms with Gasteiger partial charge in [-0.3, -0.25) is 24.6 Å². The van der Waals surface area contributed by atoms with Crippen molar-refractivity contribution < 1.29 is 29.0 Å². The minimum atomic E-state index is -0.457. The van der Waals surface area contributed by atoms with Crippen molar-refractivity contribution >= 4 is 29.5 Å². The van der Waals surface area contributed by atoms with Crippen LogP contribution < -0.4 is 16.4 Å². The Morgan fingerprint density at radius 2 is 1.49 bits per heavy atom. The van der Waals surface area contributed by atoms with Crippen molar-refractivity contribution in [3.63, 3.8) is 0 Å². The molecule has 0 saturated carbocycles. The van der Waals surface area contributed by atoms with Crippen molar-refractivity contribution in [3.05, 3.63) is 84.4 Å². The normalized spacial score (nSPS) is 15.8. The number of phenols is 1. The third-order valence-corrected chi connectivity index (χ3v) is 10.2. The first-order chi connectivity index (χ1) is 25.7. The zero-order valence-corrected chi connectivity index (χ0v) is 30.6. The lowest BCUT2D eigenvalue weighted by Crippen LogP contribution is -2.45. The van der Waals surface area contributed by atoms with Crippen LogP contribution in [0.4, 0.5) is 10.5 Å². The molecule has 0 radical (unpaired) electrons. The molecule has 3 aromatic rings. The Bertz CT molecular complexity index is 1620.